The van der Waals surface area contributed by atoms with E-state index in [1.54, 1.807) is 12.4 Å². The summed E-state index contributed by atoms with van der Waals surface area (Å²) in [6.07, 6.45) is 5.42. The molecule has 0 aliphatic heterocycles. The molecule has 0 aliphatic rings. The molecule has 0 radical (unpaired) electrons. The Balaban J connectivity index is 1.94. The average molecular weight is 264 g/mol. The van der Waals surface area contributed by atoms with Gasteiger partial charge in [-0.05, 0) is 55.3 Å². The number of nitrogens with zero attached hydrogens (tertiary/aromatic N) is 3. The highest BCUT2D eigenvalue weighted by atomic mass is 15.2. The number of aryl methyl sites for hydroxylation is 2. The molecule has 0 bridgehead atoms. The molecular weight excluding hydrogens is 248 g/mol. The van der Waals surface area contributed by atoms with Crippen LogP contribution >= 0.6 is 0 Å². The smallest absolute Gasteiger partial charge is 0.235 e. The van der Waals surface area contributed by atoms with Crippen molar-refractivity contribution in [1.29, 1.82) is 0 Å². The largest absolute Gasteiger partial charge is 0.341 e. The van der Waals surface area contributed by atoms with E-state index >= 15 is 0 Å². The molecule has 2 heterocycles. The first kappa shape index (κ1) is 12.4. The topological polar surface area (TPSA) is 42.7 Å². The number of benzene rings is 1. The second kappa shape index (κ2) is 5.17. The lowest BCUT2D eigenvalue weighted by molar-refractivity contribution is 0.941. The van der Waals surface area contributed by atoms with Crippen LogP contribution in [0.4, 0.5) is 11.5 Å². The van der Waals surface area contributed by atoms with Crippen molar-refractivity contribution in [3.8, 4) is 5.95 Å². The summed E-state index contributed by atoms with van der Waals surface area (Å²) in [6.45, 7) is 4.19. The minimum Gasteiger partial charge on any atom is -0.341 e. The summed E-state index contributed by atoms with van der Waals surface area (Å²) in [5, 5.41) is 3.42. The zero-order chi connectivity index (χ0) is 13.9. The SMILES string of the molecule is Cc1cc(C)cc(Nc2cccn2-c2ncccn2)c1. The van der Waals surface area contributed by atoms with Gasteiger partial charge in [0.25, 0.3) is 0 Å². The molecule has 3 aromatic rings. The fourth-order valence-corrected chi connectivity index (χ4v) is 2.27. The summed E-state index contributed by atoms with van der Waals surface area (Å²) in [5.74, 6) is 1.60. The molecule has 100 valence electrons. The Morgan fingerprint density at radius 3 is 2.35 bits per heavy atom. The van der Waals surface area contributed by atoms with Crippen molar-refractivity contribution in [3.05, 3.63) is 66.1 Å². The van der Waals surface area contributed by atoms with Crippen molar-refractivity contribution < 1.29 is 0 Å². The molecule has 4 heteroatoms. The third-order valence-corrected chi connectivity index (χ3v) is 3.01. The van der Waals surface area contributed by atoms with Crippen molar-refractivity contribution in [3.63, 3.8) is 0 Å². The highest BCUT2D eigenvalue weighted by Gasteiger charge is 2.05. The Morgan fingerprint density at radius 2 is 1.65 bits per heavy atom. The molecule has 0 unspecified atom stereocenters. The Bertz CT molecular complexity index is 696. The quantitative estimate of drug-likeness (QED) is 0.785. The molecule has 3 rings (SSSR count). The molecule has 0 atom stereocenters. The molecule has 0 saturated carbocycles. The van der Waals surface area contributed by atoms with Crippen LogP contribution in [0.15, 0.2) is 55.0 Å². The van der Waals surface area contributed by atoms with Crippen molar-refractivity contribution in [1.82, 2.24) is 14.5 Å². The van der Waals surface area contributed by atoms with Gasteiger partial charge in [-0.25, -0.2) is 9.97 Å². The second-order valence-electron chi connectivity index (χ2n) is 4.81. The van der Waals surface area contributed by atoms with E-state index in [9.17, 15) is 0 Å². The molecule has 20 heavy (non-hydrogen) atoms. The van der Waals surface area contributed by atoms with Crippen LogP contribution in [0.3, 0.4) is 0 Å². The Hall–Kier alpha value is -2.62. The van der Waals surface area contributed by atoms with Crippen molar-refractivity contribution in [2.45, 2.75) is 13.8 Å². The van der Waals surface area contributed by atoms with Gasteiger partial charge in [0.1, 0.15) is 5.82 Å². The van der Waals surface area contributed by atoms with Crippen molar-refractivity contribution in [2.24, 2.45) is 0 Å². The molecule has 1 N–H and O–H groups in total. The summed E-state index contributed by atoms with van der Waals surface area (Å²) >= 11 is 0. The van der Waals surface area contributed by atoms with Crippen LogP contribution < -0.4 is 5.32 Å². The summed E-state index contributed by atoms with van der Waals surface area (Å²) in [7, 11) is 0. The molecule has 0 aliphatic carbocycles. The lowest BCUT2D eigenvalue weighted by Gasteiger charge is -2.11. The number of anilines is 2. The minimum absolute atomic E-state index is 0.657. The molecule has 4 nitrogen and oxygen atoms in total. The Morgan fingerprint density at radius 1 is 0.950 bits per heavy atom. The number of hydrogen-bond donors (Lipinski definition) is 1. The Kier molecular flexibility index (Phi) is 3.21. The normalized spacial score (nSPS) is 10.5. The summed E-state index contributed by atoms with van der Waals surface area (Å²) in [6, 6.07) is 12.2. The molecule has 0 saturated heterocycles. The zero-order valence-corrected chi connectivity index (χ0v) is 11.5. The van der Waals surface area contributed by atoms with E-state index in [4.69, 9.17) is 0 Å². The van der Waals surface area contributed by atoms with E-state index in [0.29, 0.717) is 5.95 Å². The van der Waals surface area contributed by atoms with Crippen LogP contribution in [-0.4, -0.2) is 14.5 Å². The number of aromatic nitrogens is 3. The van der Waals surface area contributed by atoms with E-state index in [0.717, 1.165) is 11.5 Å². The van der Waals surface area contributed by atoms with Gasteiger partial charge in [-0.15, -0.1) is 0 Å². The molecule has 1 aromatic carbocycles. The van der Waals surface area contributed by atoms with Crippen molar-refractivity contribution >= 4 is 11.5 Å². The molecular formula is C16H16N4. The lowest BCUT2D eigenvalue weighted by Crippen LogP contribution is -2.03. The van der Waals surface area contributed by atoms with Gasteiger partial charge in [0, 0.05) is 24.3 Å². The third kappa shape index (κ3) is 2.54. The zero-order valence-electron chi connectivity index (χ0n) is 11.5. The second-order valence-corrected chi connectivity index (χ2v) is 4.81. The van der Waals surface area contributed by atoms with Gasteiger partial charge in [-0.1, -0.05) is 6.07 Å². The minimum atomic E-state index is 0.657. The predicted molar refractivity (Wildman–Crippen MR) is 80.6 cm³/mol. The molecule has 2 aromatic heterocycles. The van der Waals surface area contributed by atoms with E-state index < -0.39 is 0 Å². The molecule has 0 amide bonds. The van der Waals surface area contributed by atoms with Crippen LogP contribution in [0.2, 0.25) is 0 Å². The van der Waals surface area contributed by atoms with E-state index in [2.05, 4.69) is 47.3 Å². The first-order valence-electron chi connectivity index (χ1n) is 6.52. The maximum absolute atomic E-state index is 4.27. The average Bonchev–Trinajstić information content (AvgIpc) is 2.86. The van der Waals surface area contributed by atoms with Gasteiger partial charge in [0.05, 0.1) is 0 Å². The van der Waals surface area contributed by atoms with E-state index in [1.807, 2.05) is 29.0 Å². The highest BCUT2D eigenvalue weighted by Crippen LogP contribution is 2.21. The first-order chi connectivity index (χ1) is 9.72. The molecule has 0 fully saturated rings. The summed E-state index contributed by atoms with van der Waals surface area (Å²) in [5.41, 5.74) is 3.54. The summed E-state index contributed by atoms with van der Waals surface area (Å²) in [4.78, 5) is 8.54. The Labute approximate surface area is 118 Å². The lowest BCUT2D eigenvalue weighted by atomic mass is 10.1. The van der Waals surface area contributed by atoms with Gasteiger partial charge >= 0.3 is 0 Å². The number of nitrogens with one attached hydrogen (secondary N) is 1. The maximum atomic E-state index is 4.27. The van der Waals surface area contributed by atoms with Crippen LogP contribution in [0.5, 0.6) is 0 Å². The van der Waals surface area contributed by atoms with Gasteiger partial charge in [-0.3, -0.25) is 4.57 Å². The fourth-order valence-electron chi connectivity index (χ4n) is 2.27. The standard InChI is InChI=1S/C16H16N4/c1-12-9-13(2)11-14(10-12)19-15-5-3-8-20(15)16-17-6-4-7-18-16/h3-11,19H,1-2H3. The monoisotopic (exact) mass is 264 g/mol. The van der Waals surface area contributed by atoms with Crippen LogP contribution in [0, 0.1) is 13.8 Å². The van der Waals surface area contributed by atoms with Crippen molar-refractivity contribution in [2.75, 3.05) is 5.32 Å². The van der Waals surface area contributed by atoms with Crippen LogP contribution in [-0.2, 0) is 0 Å². The van der Waals surface area contributed by atoms with Gasteiger partial charge < -0.3 is 5.32 Å². The van der Waals surface area contributed by atoms with E-state index in [1.165, 1.54) is 11.1 Å². The van der Waals surface area contributed by atoms with Crippen LogP contribution in [0.1, 0.15) is 11.1 Å². The third-order valence-electron chi connectivity index (χ3n) is 3.01. The number of rotatable bonds is 3. The maximum Gasteiger partial charge on any atom is 0.235 e. The summed E-state index contributed by atoms with van der Waals surface area (Å²) < 4.78 is 1.93. The van der Waals surface area contributed by atoms with Gasteiger partial charge in [0.15, 0.2) is 0 Å². The fraction of sp³-hybridized carbons (Fsp3) is 0.125. The van der Waals surface area contributed by atoms with Gasteiger partial charge in [0.2, 0.25) is 5.95 Å². The predicted octanol–water partition coefficient (Wildman–Crippen LogP) is 3.63. The highest BCUT2D eigenvalue weighted by molar-refractivity contribution is 5.60. The van der Waals surface area contributed by atoms with Crippen LogP contribution in [0.25, 0.3) is 5.95 Å². The van der Waals surface area contributed by atoms with Gasteiger partial charge in [-0.2, -0.15) is 0 Å². The first-order valence-corrected chi connectivity index (χ1v) is 6.52. The van der Waals surface area contributed by atoms with E-state index in [-0.39, 0.29) is 0 Å². The molecule has 0 spiro atoms. The number of hydrogen-bond acceptors (Lipinski definition) is 3.